The van der Waals surface area contributed by atoms with Crippen LogP contribution in [0.4, 0.5) is 17.1 Å². The van der Waals surface area contributed by atoms with Gasteiger partial charge in [-0.05, 0) is 81.5 Å². The molecule has 51 heavy (non-hydrogen) atoms. The Labute approximate surface area is 298 Å². The summed E-state index contributed by atoms with van der Waals surface area (Å²) in [6.45, 7) is 0. The predicted octanol–water partition coefficient (Wildman–Crippen LogP) is 14.1. The van der Waals surface area contributed by atoms with E-state index in [0.717, 1.165) is 17.1 Å². The molecule has 0 atom stereocenters. The van der Waals surface area contributed by atoms with Gasteiger partial charge in [-0.2, -0.15) is 0 Å². The highest BCUT2D eigenvalue weighted by Crippen LogP contribution is 2.48. The molecular formula is C48H30N2S. The zero-order valence-corrected chi connectivity index (χ0v) is 28.4. The highest BCUT2D eigenvalue weighted by molar-refractivity contribution is 7.25. The van der Waals surface area contributed by atoms with Gasteiger partial charge in [-0.15, -0.1) is 11.3 Å². The SMILES string of the molecule is c1ccc(-n2c3ccccc3c3c(N(c4ccc5c(c4)sc4ccccc45)c4cc5c6ccccc6ccc5c5ccccc45)cccc32)cc1. The third kappa shape index (κ3) is 4.22. The van der Waals surface area contributed by atoms with E-state index in [9.17, 15) is 0 Å². The highest BCUT2D eigenvalue weighted by atomic mass is 32.1. The van der Waals surface area contributed by atoms with Crippen LogP contribution in [0.2, 0.25) is 0 Å². The Balaban J connectivity index is 1.30. The Morgan fingerprint density at radius 2 is 1.02 bits per heavy atom. The maximum absolute atomic E-state index is 2.53. The van der Waals surface area contributed by atoms with Gasteiger partial charge in [0.1, 0.15) is 0 Å². The van der Waals surface area contributed by atoms with E-state index in [2.05, 4.69) is 191 Å². The molecular weight excluding hydrogens is 637 g/mol. The number of anilines is 3. The number of fused-ring (bicyclic) bond motifs is 11. The van der Waals surface area contributed by atoms with Gasteiger partial charge < -0.3 is 9.47 Å². The quantitative estimate of drug-likeness (QED) is 0.170. The number of hydrogen-bond donors (Lipinski definition) is 0. The molecule has 2 aromatic heterocycles. The third-order valence-electron chi connectivity index (χ3n) is 10.5. The van der Waals surface area contributed by atoms with Crippen molar-refractivity contribution in [1.82, 2.24) is 4.57 Å². The van der Waals surface area contributed by atoms with Crippen LogP contribution in [0.5, 0.6) is 0 Å². The monoisotopic (exact) mass is 666 g/mol. The summed E-state index contributed by atoms with van der Waals surface area (Å²) >= 11 is 1.87. The molecule has 0 bridgehead atoms. The van der Waals surface area contributed by atoms with Gasteiger partial charge in [0, 0.05) is 47.7 Å². The summed E-state index contributed by atoms with van der Waals surface area (Å²) in [6, 6.07) is 66.8. The molecule has 11 aromatic rings. The topological polar surface area (TPSA) is 8.17 Å². The summed E-state index contributed by atoms with van der Waals surface area (Å²) in [4.78, 5) is 2.53. The molecule has 9 aromatic carbocycles. The van der Waals surface area contributed by atoms with Crippen molar-refractivity contribution in [1.29, 1.82) is 0 Å². The molecule has 238 valence electrons. The number of nitrogens with zero attached hydrogens (tertiary/aromatic N) is 2. The third-order valence-corrected chi connectivity index (χ3v) is 11.7. The first-order chi connectivity index (χ1) is 25.3. The number of para-hydroxylation sites is 2. The molecule has 0 saturated heterocycles. The standard InChI is InChI=1S/C48H30N2S/c1-2-14-32(15-3-1)49-42-21-10-8-20-40(42)48-43(49)22-12-23-44(48)50(33-26-28-39-38-19-9-11-24-46(38)51-47(39)29-33)45-30-41-34-16-5-4-13-31(34)25-27-36(41)35-17-6-7-18-37(35)45/h1-30H. The Morgan fingerprint density at radius 1 is 0.373 bits per heavy atom. The molecule has 11 rings (SSSR count). The molecule has 0 amide bonds. The Morgan fingerprint density at radius 3 is 1.90 bits per heavy atom. The highest BCUT2D eigenvalue weighted by Gasteiger charge is 2.24. The normalized spacial score (nSPS) is 11.9. The Kier molecular flexibility index (Phi) is 6.16. The van der Waals surface area contributed by atoms with Crippen molar-refractivity contribution in [3.63, 3.8) is 0 Å². The van der Waals surface area contributed by atoms with Crippen molar-refractivity contribution >= 4 is 103 Å². The molecule has 0 aliphatic rings. The van der Waals surface area contributed by atoms with Crippen LogP contribution in [0, 0.1) is 0 Å². The van der Waals surface area contributed by atoms with E-state index < -0.39 is 0 Å². The first kappa shape index (κ1) is 28.4. The average molecular weight is 667 g/mol. The lowest BCUT2D eigenvalue weighted by molar-refractivity contribution is 1.18. The number of aromatic nitrogens is 1. The van der Waals surface area contributed by atoms with Crippen LogP contribution in [0.1, 0.15) is 0 Å². The van der Waals surface area contributed by atoms with Crippen LogP contribution in [0.3, 0.4) is 0 Å². The van der Waals surface area contributed by atoms with Crippen molar-refractivity contribution in [2.24, 2.45) is 0 Å². The number of thiophene rings is 1. The van der Waals surface area contributed by atoms with Crippen LogP contribution < -0.4 is 4.90 Å². The van der Waals surface area contributed by atoms with Crippen LogP contribution in [-0.2, 0) is 0 Å². The van der Waals surface area contributed by atoms with E-state index in [4.69, 9.17) is 0 Å². The number of rotatable bonds is 4. The molecule has 0 fully saturated rings. The molecule has 0 unspecified atom stereocenters. The van der Waals surface area contributed by atoms with E-state index >= 15 is 0 Å². The van der Waals surface area contributed by atoms with Crippen molar-refractivity contribution < 1.29 is 0 Å². The summed E-state index contributed by atoms with van der Waals surface area (Å²) in [6.07, 6.45) is 0. The Bertz CT molecular complexity index is 3150. The fraction of sp³-hybridized carbons (Fsp3) is 0. The van der Waals surface area contributed by atoms with E-state index in [1.165, 1.54) is 80.0 Å². The minimum absolute atomic E-state index is 1.14. The van der Waals surface area contributed by atoms with E-state index in [1.807, 2.05) is 11.3 Å². The van der Waals surface area contributed by atoms with Gasteiger partial charge in [-0.1, -0.05) is 127 Å². The fourth-order valence-electron chi connectivity index (χ4n) is 8.33. The molecule has 0 spiro atoms. The van der Waals surface area contributed by atoms with Crippen LogP contribution in [-0.4, -0.2) is 4.57 Å². The summed E-state index contributed by atoms with van der Waals surface area (Å²) in [5.41, 5.74) is 7.00. The zero-order chi connectivity index (χ0) is 33.5. The number of hydrogen-bond acceptors (Lipinski definition) is 2. The zero-order valence-electron chi connectivity index (χ0n) is 27.6. The molecule has 0 aliphatic carbocycles. The first-order valence-electron chi connectivity index (χ1n) is 17.4. The van der Waals surface area contributed by atoms with Crippen LogP contribution in [0.15, 0.2) is 182 Å². The molecule has 2 nitrogen and oxygen atoms in total. The van der Waals surface area contributed by atoms with Gasteiger partial charge in [0.05, 0.1) is 22.4 Å². The maximum Gasteiger partial charge on any atom is 0.0562 e. The minimum Gasteiger partial charge on any atom is -0.309 e. The largest absolute Gasteiger partial charge is 0.309 e. The summed E-state index contributed by atoms with van der Waals surface area (Å²) in [7, 11) is 0. The van der Waals surface area contributed by atoms with Crippen molar-refractivity contribution in [2.75, 3.05) is 4.90 Å². The molecule has 0 N–H and O–H groups in total. The van der Waals surface area contributed by atoms with E-state index in [-0.39, 0.29) is 0 Å². The lowest BCUT2D eigenvalue weighted by atomic mass is 9.95. The molecule has 0 saturated carbocycles. The van der Waals surface area contributed by atoms with Gasteiger partial charge in [-0.3, -0.25) is 0 Å². The number of benzene rings is 9. The summed E-state index contributed by atoms with van der Waals surface area (Å²) in [5, 5.41) is 12.6. The predicted molar refractivity (Wildman–Crippen MR) is 221 cm³/mol. The average Bonchev–Trinajstić information content (AvgIpc) is 3.74. The maximum atomic E-state index is 2.53. The van der Waals surface area contributed by atoms with Gasteiger partial charge in [0.15, 0.2) is 0 Å². The smallest absolute Gasteiger partial charge is 0.0562 e. The van der Waals surface area contributed by atoms with Crippen LogP contribution in [0.25, 0.3) is 80.0 Å². The van der Waals surface area contributed by atoms with Gasteiger partial charge in [-0.25, -0.2) is 0 Å². The van der Waals surface area contributed by atoms with Crippen LogP contribution >= 0.6 is 11.3 Å². The van der Waals surface area contributed by atoms with Crippen molar-refractivity contribution in [3.05, 3.63) is 182 Å². The second-order valence-electron chi connectivity index (χ2n) is 13.3. The van der Waals surface area contributed by atoms with Gasteiger partial charge in [0.25, 0.3) is 0 Å². The van der Waals surface area contributed by atoms with E-state index in [1.54, 1.807) is 0 Å². The lowest BCUT2D eigenvalue weighted by Gasteiger charge is -2.29. The van der Waals surface area contributed by atoms with Gasteiger partial charge >= 0.3 is 0 Å². The van der Waals surface area contributed by atoms with Gasteiger partial charge in [0.2, 0.25) is 0 Å². The van der Waals surface area contributed by atoms with Crippen molar-refractivity contribution in [2.45, 2.75) is 0 Å². The minimum atomic E-state index is 1.14. The summed E-state index contributed by atoms with van der Waals surface area (Å²) < 4.78 is 5.01. The second-order valence-corrected chi connectivity index (χ2v) is 14.4. The summed E-state index contributed by atoms with van der Waals surface area (Å²) in [5.74, 6) is 0. The lowest BCUT2D eigenvalue weighted by Crippen LogP contribution is -2.11. The fourth-order valence-corrected chi connectivity index (χ4v) is 9.47. The second kappa shape index (κ2) is 11.0. The van der Waals surface area contributed by atoms with E-state index in [0.29, 0.717) is 0 Å². The molecule has 3 heteroatoms. The first-order valence-corrected chi connectivity index (χ1v) is 18.3. The Hall–Kier alpha value is -6.42. The molecule has 0 aliphatic heterocycles. The molecule has 2 heterocycles. The molecule has 0 radical (unpaired) electrons. The van der Waals surface area contributed by atoms with Crippen molar-refractivity contribution in [3.8, 4) is 5.69 Å².